The highest BCUT2D eigenvalue weighted by Crippen LogP contribution is 2.38. The van der Waals surface area contributed by atoms with E-state index >= 15 is 0 Å². The molecule has 0 aliphatic rings. The number of aromatic nitrogens is 6. The summed E-state index contributed by atoms with van der Waals surface area (Å²) in [6.45, 7) is 15.0. The van der Waals surface area contributed by atoms with E-state index in [4.69, 9.17) is 4.43 Å². The minimum absolute atomic E-state index is 0.0433. The lowest BCUT2D eigenvalue weighted by Gasteiger charge is -2.39. The zero-order valence-corrected chi connectivity index (χ0v) is 25.6. The molecule has 0 bridgehead atoms. The molecule has 0 spiro atoms. The number of hydrogen-bond acceptors (Lipinski definition) is 7. The lowest BCUT2D eigenvalue weighted by atomic mass is 10.0. The molecule has 0 atom stereocenters. The average molecular weight is 602 g/mol. The van der Waals surface area contributed by atoms with Gasteiger partial charge in [-0.2, -0.15) is 13.2 Å². The average Bonchev–Trinajstić information content (AvgIpc) is 3.52. The van der Waals surface area contributed by atoms with Crippen LogP contribution in [0.4, 0.5) is 18.9 Å². The van der Waals surface area contributed by atoms with Crippen molar-refractivity contribution in [3.05, 3.63) is 66.1 Å². The van der Waals surface area contributed by atoms with Crippen LogP contribution in [0.5, 0.6) is 0 Å². The number of hydrogen-bond donors (Lipinski definition) is 1. The van der Waals surface area contributed by atoms with Gasteiger partial charge in [-0.25, -0.2) is 4.68 Å². The molecule has 4 aromatic heterocycles. The third kappa shape index (κ3) is 6.59. The van der Waals surface area contributed by atoms with Gasteiger partial charge in [-0.05, 0) is 44.1 Å². The van der Waals surface area contributed by atoms with E-state index < -0.39 is 38.2 Å². The molecule has 4 rings (SSSR count). The van der Waals surface area contributed by atoms with E-state index in [2.05, 4.69) is 73.3 Å². The van der Waals surface area contributed by atoms with Gasteiger partial charge in [0.05, 0.1) is 35.7 Å². The summed E-state index contributed by atoms with van der Waals surface area (Å²) < 4.78 is 47.6. The summed E-state index contributed by atoms with van der Waals surface area (Å²) in [5.41, 5.74) is -0.0486. The summed E-state index contributed by atoms with van der Waals surface area (Å²) in [4.78, 5) is 34.5. The Hall–Kier alpha value is -3.91. The van der Waals surface area contributed by atoms with Gasteiger partial charge in [-0.15, -0.1) is 5.10 Å². The van der Waals surface area contributed by atoms with Crippen LogP contribution in [0, 0.1) is 0 Å². The molecule has 0 fully saturated rings. The van der Waals surface area contributed by atoms with Crippen molar-refractivity contribution in [3.8, 4) is 0 Å². The quantitative estimate of drug-likeness (QED) is 0.194. The normalized spacial score (nSPS) is 13.0. The van der Waals surface area contributed by atoms with E-state index in [0.717, 1.165) is 10.2 Å². The van der Waals surface area contributed by atoms with E-state index in [9.17, 15) is 22.8 Å². The van der Waals surface area contributed by atoms with Crippen molar-refractivity contribution < 1.29 is 27.2 Å². The molecule has 4 heterocycles. The molecule has 1 N–H and O–H groups in total. The van der Waals surface area contributed by atoms with Crippen LogP contribution in [0.3, 0.4) is 0 Å². The van der Waals surface area contributed by atoms with Crippen LogP contribution in [0.15, 0.2) is 49.3 Å². The summed E-state index contributed by atoms with van der Waals surface area (Å²) >= 11 is 0. The fraction of sp³-hybridized carbons (Fsp3) is 0.429. The van der Waals surface area contributed by atoms with Crippen LogP contribution in [0.1, 0.15) is 56.2 Å². The van der Waals surface area contributed by atoms with Gasteiger partial charge in [0.15, 0.2) is 19.8 Å². The number of pyridine rings is 2. The smallest absolute Gasteiger partial charge is 0.414 e. The minimum Gasteiger partial charge on any atom is -0.414 e. The van der Waals surface area contributed by atoms with Crippen molar-refractivity contribution in [2.24, 2.45) is 0 Å². The summed E-state index contributed by atoms with van der Waals surface area (Å²) in [6, 6.07) is 3.31. The van der Waals surface area contributed by atoms with Gasteiger partial charge >= 0.3 is 6.18 Å². The molecule has 14 heteroatoms. The summed E-state index contributed by atoms with van der Waals surface area (Å²) in [7, 11) is -2.03. The van der Waals surface area contributed by atoms with Crippen LogP contribution in [-0.2, 0) is 27.5 Å². The highest BCUT2D eigenvalue weighted by molar-refractivity contribution is 6.74. The largest absolute Gasteiger partial charge is 0.436 e. The maximum atomic E-state index is 13.7. The molecule has 0 aliphatic heterocycles. The van der Waals surface area contributed by atoms with Crippen LogP contribution in [0.25, 0.3) is 10.9 Å². The van der Waals surface area contributed by atoms with Gasteiger partial charge < -0.3 is 14.3 Å². The Labute approximate surface area is 242 Å². The second-order valence-corrected chi connectivity index (χ2v) is 17.1. The molecular weight excluding hydrogens is 567 g/mol. The number of rotatable bonds is 9. The first kappa shape index (κ1) is 31.0. The molecule has 0 aromatic carbocycles. The number of carbonyl (C=O) groups excluding carboxylic acids is 2. The molecule has 0 saturated heterocycles. The van der Waals surface area contributed by atoms with Crippen LogP contribution < -0.4 is 5.32 Å². The maximum Gasteiger partial charge on any atom is 0.436 e. The monoisotopic (exact) mass is 601 g/mol. The Morgan fingerprint density at radius 1 is 1.02 bits per heavy atom. The Bertz CT molecular complexity index is 1620. The van der Waals surface area contributed by atoms with Crippen LogP contribution >= 0.6 is 0 Å². The molecule has 0 radical (unpaired) electrons. The second-order valence-electron chi connectivity index (χ2n) is 12.3. The number of fused-ring (bicyclic) bond motifs is 1. The SMILES string of the molecule is CC(C)(CO[Si](C)(C)C(C)(C)C)n1cc(C(=O)c2cncc(NC(=O)Cn3cc(C(F)(F)F)nn3)c2)c2cnccc21. The predicted molar refractivity (Wildman–Crippen MR) is 154 cm³/mol. The summed E-state index contributed by atoms with van der Waals surface area (Å²) in [6.07, 6.45) is 3.79. The highest BCUT2D eigenvalue weighted by Gasteiger charge is 2.39. The molecule has 1 amide bonds. The van der Waals surface area contributed by atoms with Gasteiger partial charge in [0.2, 0.25) is 5.91 Å². The molecular formula is C28H34F3N7O3Si. The molecule has 0 saturated carbocycles. The molecule has 4 aromatic rings. The molecule has 0 unspecified atom stereocenters. The molecule has 10 nitrogen and oxygen atoms in total. The van der Waals surface area contributed by atoms with Gasteiger partial charge in [-0.1, -0.05) is 26.0 Å². The molecule has 0 aliphatic carbocycles. The first-order valence-corrected chi connectivity index (χ1v) is 16.2. The lowest BCUT2D eigenvalue weighted by Crippen LogP contribution is -2.45. The van der Waals surface area contributed by atoms with Gasteiger partial charge in [0.25, 0.3) is 0 Å². The second kappa shape index (κ2) is 11.1. The predicted octanol–water partition coefficient (Wildman–Crippen LogP) is 5.67. The third-order valence-corrected chi connectivity index (χ3v) is 12.0. The van der Waals surface area contributed by atoms with Gasteiger partial charge in [0, 0.05) is 41.3 Å². The van der Waals surface area contributed by atoms with Crippen molar-refractivity contribution in [2.45, 2.75) is 71.0 Å². The number of halogens is 3. The number of nitrogens with zero attached hydrogens (tertiary/aromatic N) is 6. The summed E-state index contributed by atoms with van der Waals surface area (Å²) in [5.74, 6) is -0.994. The summed E-state index contributed by atoms with van der Waals surface area (Å²) in [5, 5.41) is 9.62. The van der Waals surface area contributed by atoms with E-state index in [1.165, 1.54) is 18.5 Å². The van der Waals surface area contributed by atoms with Crippen molar-refractivity contribution in [2.75, 3.05) is 11.9 Å². The first-order chi connectivity index (χ1) is 19.4. The van der Waals surface area contributed by atoms with Crippen molar-refractivity contribution in [1.29, 1.82) is 0 Å². The Kier molecular flexibility index (Phi) is 8.17. The Balaban J connectivity index is 1.56. The van der Waals surface area contributed by atoms with E-state index in [0.29, 0.717) is 23.8 Å². The zero-order chi connectivity index (χ0) is 31.1. The Morgan fingerprint density at radius 2 is 1.74 bits per heavy atom. The number of ketones is 1. The van der Waals surface area contributed by atoms with Crippen LogP contribution in [-0.4, -0.2) is 56.1 Å². The van der Waals surface area contributed by atoms with Crippen molar-refractivity contribution >= 4 is 36.6 Å². The third-order valence-electron chi connectivity index (χ3n) is 7.51. The van der Waals surface area contributed by atoms with Gasteiger partial charge in [-0.3, -0.25) is 19.6 Å². The molecule has 42 heavy (non-hydrogen) atoms. The molecule has 224 valence electrons. The van der Waals surface area contributed by atoms with E-state index in [1.54, 1.807) is 18.6 Å². The number of anilines is 1. The van der Waals surface area contributed by atoms with Crippen LogP contribution in [0.2, 0.25) is 18.1 Å². The van der Waals surface area contributed by atoms with Crippen molar-refractivity contribution in [3.63, 3.8) is 0 Å². The number of alkyl halides is 3. The fourth-order valence-electron chi connectivity index (χ4n) is 4.04. The zero-order valence-electron chi connectivity index (χ0n) is 24.6. The number of amides is 1. The van der Waals surface area contributed by atoms with Gasteiger partial charge in [0.1, 0.15) is 6.54 Å². The first-order valence-electron chi connectivity index (χ1n) is 13.3. The number of nitrogens with one attached hydrogen (secondary N) is 1. The van der Waals surface area contributed by atoms with E-state index in [-0.39, 0.29) is 22.1 Å². The highest BCUT2D eigenvalue weighted by atomic mass is 28.4. The Morgan fingerprint density at radius 3 is 2.38 bits per heavy atom. The maximum absolute atomic E-state index is 13.7. The standard InChI is InChI=1S/C28H34F3N7O3Si/c1-26(2,3)42(6,7)41-17-27(4,5)38-14-21(20-13-32-9-8-22(20)38)25(40)18-10-19(12-33-11-18)34-24(39)16-37-15-23(35-36-37)28(29,30)31/h8-15H,16-17H2,1-7H3,(H,34,39). The minimum atomic E-state index is -4.67. The topological polar surface area (TPSA) is 117 Å². The lowest BCUT2D eigenvalue weighted by molar-refractivity contribution is -0.141. The number of carbonyl (C=O) groups is 2. The fourth-order valence-corrected chi connectivity index (χ4v) is 5.19. The van der Waals surface area contributed by atoms with Crippen molar-refractivity contribution in [1.82, 2.24) is 29.5 Å². The van der Waals surface area contributed by atoms with E-state index in [1.807, 2.05) is 10.6 Å².